The first kappa shape index (κ1) is 16.6. The zero-order valence-corrected chi connectivity index (χ0v) is 12.7. The molecule has 0 fully saturated rings. The number of nitrogens with zero attached hydrogens (tertiary/aromatic N) is 1. The topological polar surface area (TPSA) is 75.7 Å². The van der Waals surface area contributed by atoms with Gasteiger partial charge in [-0.15, -0.1) is 0 Å². The molecule has 112 valence electrons. The van der Waals surface area contributed by atoms with Crippen LogP contribution in [0.5, 0.6) is 0 Å². The van der Waals surface area contributed by atoms with E-state index in [4.69, 9.17) is 4.84 Å². The van der Waals surface area contributed by atoms with Crippen LogP contribution in [-0.4, -0.2) is 40.1 Å². The molecule has 20 heavy (non-hydrogen) atoms. The minimum Gasteiger partial charge on any atom is -0.275 e. The Morgan fingerprint density at radius 1 is 1.30 bits per heavy atom. The zero-order chi connectivity index (χ0) is 15.2. The van der Waals surface area contributed by atoms with Crippen molar-refractivity contribution in [3.05, 3.63) is 29.8 Å². The molecule has 6 nitrogen and oxygen atoms in total. The van der Waals surface area contributed by atoms with Crippen LogP contribution in [0, 0.1) is 6.92 Å². The normalized spacial score (nSPS) is 11.3. The first-order valence-electron chi connectivity index (χ1n) is 6.24. The molecule has 0 aromatic heterocycles. The van der Waals surface area contributed by atoms with E-state index in [1.807, 2.05) is 6.92 Å². The fourth-order valence-corrected chi connectivity index (χ4v) is 2.58. The number of hydroxylamine groups is 2. The standard InChI is InChI=1S/C13H20N2O4S/c1-11-6-8-12(9-7-11)20(17,18)14-10-4-5-13(16)15(2)19-3/h6-9,14H,4-5,10H2,1-3H3. The monoisotopic (exact) mass is 300 g/mol. The second kappa shape index (κ2) is 7.37. The number of benzene rings is 1. The summed E-state index contributed by atoms with van der Waals surface area (Å²) in [4.78, 5) is 16.4. The fourth-order valence-electron chi connectivity index (χ4n) is 1.51. The Morgan fingerprint density at radius 3 is 2.45 bits per heavy atom. The molecule has 0 heterocycles. The van der Waals surface area contributed by atoms with Crippen molar-refractivity contribution in [1.82, 2.24) is 9.79 Å². The highest BCUT2D eigenvalue weighted by Crippen LogP contribution is 2.09. The number of aryl methyl sites for hydroxylation is 1. The maximum atomic E-state index is 11.9. The predicted molar refractivity (Wildman–Crippen MR) is 75.4 cm³/mol. The summed E-state index contributed by atoms with van der Waals surface area (Å²) < 4.78 is 26.4. The van der Waals surface area contributed by atoms with Gasteiger partial charge in [0.2, 0.25) is 15.9 Å². The molecule has 1 rings (SSSR count). The van der Waals surface area contributed by atoms with Crippen molar-refractivity contribution in [2.75, 3.05) is 20.7 Å². The van der Waals surface area contributed by atoms with Crippen LogP contribution in [0.3, 0.4) is 0 Å². The van der Waals surface area contributed by atoms with E-state index in [9.17, 15) is 13.2 Å². The van der Waals surface area contributed by atoms with Crippen molar-refractivity contribution >= 4 is 15.9 Å². The van der Waals surface area contributed by atoms with Crippen LogP contribution < -0.4 is 4.72 Å². The number of amides is 1. The summed E-state index contributed by atoms with van der Waals surface area (Å²) in [6.45, 7) is 2.10. The van der Waals surface area contributed by atoms with Gasteiger partial charge in [0.15, 0.2) is 0 Å². The van der Waals surface area contributed by atoms with Gasteiger partial charge in [-0.1, -0.05) is 17.7 Å². The molecule has 1 amide bonds. The Bertz CT molecular complexity index is 540. The third kappa shape index (κ3) is 4.92. The van der Waals surface area contributed by atoms with Crippen molar-refractivity contribution < 1.29 is 18.0 Å². The summed E-state index contributed by atoms with van der Waals surface area (Å²) in [7, 11) is -0.593. The lowest BCUT2D eigenvalue weighted by atomic mass is 10.2. The third-order valence-corrected chi connectivity index (χ3v) is 4.29. The quantitative estimate of drug-likeness (QED) is 0.604. The minimum absolute atomic E-state index is 0.193. The average Bonchev–Trinajstić information content (AvgIpc) is 2.43. The first-order chi connectivity index (χ1) is 9.36. The van der Waals surface area contributed by atoms with E-state index in [-0.39, 0.29) is 23.8 Å². The van der Waals surface area contributed by atoms with Crippen LogP contribution in [0.4, 0.5) is 0 Å². The van der Waals surface area contributed by atoms with E-state index in [1.165, 1.54) is 14.2 Å². The molecule has 0 atom stereocenters. The van der Waals surface area contributed by atoms with E-state index >= 15 is 0 Å². The van der Waals surface area contributed by atoms with Gasteiger partial charge in [0.25, 0.3) is 0 Å². The lowest BCUT2D eigenvalue weighted by Crippen LogP contribution is -2.28. The minimum atomic E-state index is -3.51. The summed E-state index contributed by atoms with van der Waals surface area (Å²) in [5.41, 5.74) is 0.997. The van der Waals surface area contributed by atoms with E-state index in [0.717, 1.165) is 10.6 Å². The van der Waals surface area contributed by atoms with Gasteiger partial charge in [-0.3, -0.25) is 9.63 Å². The van der Waals surface area contributed by atoms with Crippen LogP contribution in [0.1, 0.15) is 18.4 Å². The third-order valence-electron chi connectivity index (χ3n) is 2.82. The summed E-state index contributed by atoms with van der Waals surface area (Å²) in [6, 6.07) is 6.60. The molecule has 0 bridgehead atoms. The summed E-state index contributed by atoms with van der Waals surface area (Å²) in [6.07, 6.45) is 0.637. The van der Waals surface area contributed by atoms with Crippen molar-refractivity contribution in [3.8, 4) is 0 Å². The Hall–Kier alpha value is -1.44. The molecule has 7 heteroatoms. The maximum absolute atomic E-state index is 11.9. The van der Waals surface area contributed by atoms with Gasteiger partial charge < -0.3 is 0 Å². The molecule has 0 spiro atoms. The number of hydrogen-bond donors (Lipinski definition) is 1. The summed E-state index contributed by atoms with van der Waals surface area (Å²) in [5, 5.41) is 1.12. The molecular formula is C13H20N2O4S. The Balaban J connectivity index is 2.45. The Morgan fingerprint density at radius 2 is 1.90 bits per heavy atom. The molecule has 0 aliphatic heterocycles. The molecule has 1 N–H and O–H groups in total. The zero-order valence-electron chi connectivity index (χ0n) is 11.9. The summed E-state index contributed by atoms with van der Waals surface area (Å²) in [5.74, 6) is -0.193. The molecule has 0 aliphatic carbocycles. The molecule has 0 aliphatic rings. The van der Waals surface area contributed by atoms with Crippen molar-refractivity contribution in [2.24, 2.45) is 0 Å². The van der Waals surface area contributed by atoms with Gasteiger partial charge in [0, 0.05) is 20.0 Å². The number of rotatable bonds is 7. The molecule has 0 saturated heterocycles. The first-order valence-corrected chi connectivity index (χ1v) is 7.72. The number of nitrogens with one attached hydrogen (secondary N) is 1. The highest BCUT2D eigenvalue weighted by atomic mass is 32.2. The van der Waals surface area contributed by atoms with Gasteiger partial charge in [-0.05, 0) is 25.5 Å². The number of carbonyl (C=O) groups is 1. The second-order valence-electron chi connectivity index (χ2n) is 4.39. The molecule has 1 aromatic rings. The van der Waals surface area contributed by atoms with Crippen LogP contribution in [-0.2, 0) is 19.7 Å². The Labute approximate surface area is 119 Å². The number of hydrogen-bond acceptors (Lipinski definition) is 4. The maximum Gasteiger partial charge on any atom is 0.245 e. The molecular weight excluding hydrogens is 280 g/mol. The van der Waals surface area contributed by atoms with Crippen LogP contribution >= 0.6 is 0 Å². The Kier molecular flexibility index (Phi) is 6.12. The molecule has 0 radical (unpaired) electrons. The lowest BCUT2D eigenvalue weighted by molar-refractivity contribution is -0.168. The number of sulfonamides is 1. The van der Waals surface area contributed by atoms with Crippen molar-refractivity contribution in [2.45, 2.75) is 24.7 Å². The number of carbonyl (C=O) groups excluding carboxylic acids is 1. The van der Waals surface area contributed by atoms with E-state index in [1.54, 1.807) is 24.3 Å². The van der Waals surface area contributed by atoms with Gasteiger partial charge in [0.1, 0.15) is 0 Å². The van der Waals surface area contributed by atoms with Crippen LogP contribution in [0.25, 0.3) is 0 Å². The average molecular weight is 300 g/mol. The van der Waals surface area contributed by atoms with E-state index in [0.29, 0.717) is 6.42 Å². The predicted octanol–water partition coefficient (Wildman–Crippen LogP) is 1.07. The largest absolute Gasteiger partial charge is 0.275 e. The fraction of sp³-hybridized carbons (Fsp3) is 0.462. The van der Waals surface area contributed by atoms with Gasteiger partial charge >= 0.3 is 0 Å². The van der Waals surface area contributed by atoms with Gasteiger partial charge in [-0.2, -0.15) is 0 Å². The molecule has 0 unspecified atom stereocenters. The molecule has 0 saturated carbocycles. The van der Waals surface area contributed by atoms with Gasteiger partial charge in [0.05, 0.1) is 12.0 Å². The summed E-state index contributed by atoms with van der Waals surface area (Å²) >= 11 is 0. The van der Waals surface area contributed by atoms with E-state index < -0.39 is 10.0 Å². The van der Waals surface area contributed by atoms with E-state index in [2.05, 4.69) is 4.72 Å². The molecule has 1 aromatic carbocycles. The van der Waals surface area contributed by atoms with Crippen molar-refractivity contribution in [1.29, 1.82) is 0 Å². The second-order valence-corrected chi connectivity index (χ2v) is 6.16. The van der Waals surface area contributed by atoms with Crippen molar-refractivity contribution in [3.63, 3.8) is 0 Å². The highest BCUT2D eigenvalue weighted by Gasteiger charge is 2.13. The van der Waals surface area contributed by atoms with Crippen LogP contribution in [0.15, 0.2) is 29.2 Å². The highest BCUT2D eigenvalue weighted by molar-refractivity contribution is 7.89. The lowest BCUT2D eigenvalue weighted by Gasteiger charge is -2.13. The SMILES string of the molecule is CON(C)C(=O)CCCNS(=O)(=O)c1ccc(C)cc1. The van der Waals surface area contributed by atoms with Crippen LogP contribution in [0.2, 0.25) is 0 Å². The van der Waals surface area contributed by atoms with Gasteiger partial charge in [-0.25, -0.2) is 18.2 Å². The smallest absolute Gasteiger partial charge is 0.245 e.